The van der Waals surface area contributed by atoms with Gasteiger partial charge in [0.2, 0.25) is 0 Å². The molecule has 1 N–H and O–H groups in total. The highest BCUT2D eigenvalue weighted by atomic mass is 19.1. The van der Waals surface area contributed by atoms with Crippen molar-refractivity contribution in [3.8, 4) is 5.75 Å². The van der Waals surface area contributed by atoms with Gasteiger partial charge >= 0.3 is 0 Å². The number of unbranched alkanes of at least 4 members (excludes halogenated alkanes) is 2. The summed E-state index contributed by atoms with van der Waals surface area (Å²) >= 11 is 0. The molecule has 1 aromatic carbocycles. The molecule has 0 heterocycles. The highest BCUT2D eigenvalue weighted by Gasteiger charge is 1.94. The van der Waals surface area contributed by atoms with Gasteiger partial charge in [-0.25, -0.2) is 0 Å². The molecule has 0 saturated carbocycles. The lowest BCUT2D eigenvalue weighted by Gasteiger charge is -2.05. The zero-order valence-corrected chi connectivity index (χ0v) is 8.13. The summed E-state index contributed by atoms with van der Waals surface area (Å²) in [4.78, 5) is 0. The fourth-order valence-corrected chi connectivity index (χ4v) is 1.15. The smallest absolute Gasteiger partial charge is 0.121 e. The van der Waals surface area contributed by atoms with E-state index in [0.29, 0.717) is 18.7 Å². The van der Waals surface area contributed by atoms with Crippen LogP contribution in [0.5, 0.6) is 5.75 Å². The molecule has 1 aromatic rings. The molecule has 0 aromatic heterocycles. The third-order valence-electron chi connectivity index (χ3n) is 1.88. The Morgan fingerprint density at radius 1 is 1.21 bits per heavy atom. The van der Waals surface area contributed by atoms with Gasteiger partial charge in [0, 0.05) is 6.07 Å². The second-order valence-corrected chi connectivity index (χ2v) is 3.13. The molecule has 0 saturated heterocycles. The van der Waals surface area contributed by atoms with Crippen LogP contribution in [0.25, 0.3) is 0 Å². The van der Waals surface area contributed by atoms with Gasteiger partial charge in [-0.15, -0.1) is 0 Å². The van der Waals surface area contributed by atoms with Gasteiger partial charge in [-0.1, -0.05) is 6.07 Å². The molecule has 3 heteroatoms. The number of ether oxygens (including phenoxy) is 1. The topological polar surface area (TPSA) is 33.0 Å². The lowest BCUT2D eigenvalue weighted by molar-refractivity contribution is 0.301. The predicted octanol–water partition coefficient (Wildman–Crippen LogP) is 3.12. The van der Waals surface area contributed by atoms with Crippen molar-refractivity contribution in [3.63, 3.8) is 0 Å². The first-order chi connectivity index (χ1) is 6.83. The van der Waals surface area contributed by atoms with Gasteiger partial charge in [0.05, 0.1) is 19.0 Å². The Hall–Kier alpha value is -1.25. The van der Waals surface area contributed by atoms with Crippen molar-refractivity contribution in [1.82, 2.24) is 5.73 Å². The summed E-state index contributed by atoms with van der Waals surface area (Å²) in [7, 11) is 0. The maximum atomic E-state index is 11.7. The number of halogens is 1. The van der Waals surface area contributed by atoms with Gasteiger partial charge < -0.3 is 10.5 Å². The Bertz CT molecular complexity index is 265. The van der Waals surface area contributed by atoms with Crippen molar-refractivity contribution in [2.45, 2.75) is 19.3 Å². The molecule has 0 unspecified atom stereocenters. The maximum absolute atomic E-state index is 11.7. The Morgan fingerprint density at radius 2 is 2.07 bits per heavy atom. The summed E-state index contributed by atoms with van der Waals surface area (Å²) in [5.41, 5.74) is 7.80. The first-order valence-electron chi connectivity index (χ1n) is 4.83. The molecule has 77 valence electrons. The third-order valence-corrected chi connectivity index (χ3v) is 1.88. The van der Waals surface area contributed by atoms with E-state index in [1.165, 1.54) is 0 Å². The van der Waals surface area contributed by atoms with Crippen LogP contribution in [0.1, 0.15) is 19.3 Å². The van der Waals surface area contributed by atoms with Crippen LogP contribution in [0, 0.1) is 0 Å². The Balaban J connectivity index is 2.18. The van der Waals surface area contributed by atoms with Crippen molar-refractivity contribution in [1.29, 1.82) is 0 Å². The lowest BCUT2D eigenvalue weighted by Crippen LogP contribution is -1.97. The number of hydrogen-bond acceptors (Lipinski definition) is 1. The van der Waals surface area contributed by atoms with Crippen LogP contribution in [0.2, 0.25) is 0 Å². The summed E-state index contributed by atoms with van der Waals surface area (Å²) in [5, 5.41) is 0. The van der Waals surface area contributed by atoms with Crippen molar-refractivity contribution in [3.05, 3.63) is 24.3 Å². The standard InChI is InChI=1S/C11H15FNO/c12-7-2-1-3-8-14-11-6-4-5-10(13)9-11/h4-6,9,13H,1-3,7-8H2. The molecule has 1 rings (SSSR count). The summed E-state index contributed by atoms with van der Waals surface area (Å²) in [6.45, 7) is 0.353. The van der Waals surface area contributed by atoms with Gasteiger partial charge in [0.15, 0.2) is 0 Å². The van der Waals surface area contributed by atoms with Crippen LogP contribution in [-0.4, -0.2) is 13.3 Å². The van der Waals surface area contributed by atoms with Crippen molar-refractivity contribution in [2.75, 3.05) is 13.3 Å². The lowest BCUT2D eigenvalue weighted by atomic mass is 10.2. The van der Waals surface area contributed by atoms with E-state index in [1.807, 2.05) is 6.07 Å². The normalized spacial score (nSPS) is 10.1. The first kappa shape index (κ1) is 10.8. The van der Waals surface area contributed by atoms with Crippen LogP contribution in [0.15, 0.2) is 24.3 Å². The number of nitrogens with one attached hydrogen (secondary N) is 1. The predicted molar refractivity (Wildman–Crippen MR) is 54.5 cm³/mol. The second kappa shape index (κ2) is 6.24. The van der Waals surface area contributed by atoms with Gasteiger partial charge in [-0.2, -0.15) is 0 Å². The van der Waals surface area contributed by atoms with Crippen LogP contribution in [-0.2, 0) is 0 Å². The summed E-state index contributed by atoms with van der Waals surface area (Å²) < 4.78 is 17.1. The molecule has 0 amide bonds. The number of hydrogen-bond donors (Lipinski definition) is 0. The molecule has 0 bridgehead atoms. The molecular weight excluding hydrogens is 181 g/mol. The van der Waals surface area contributed by atoms with Crippen LogP contribution in [0.4, 0.5) is 10.1 Å². The van der Waals surface area contributed by atoms with E-state index in [-0.39, 0.29) is 6.67 Å². The molecule has 0 aliphatic rings. The van der Waals surface area contributed by atoms with Gasteiger partial charge in [0.25, 0.3) is 0 Å². The van der Waals surface area contributed by atoms with Crippen molar-refractivity contribution in [2.24, 2.45) is 0 Å². The van der Waals surface area contributed by atoms with Crippen LogP contribution < -0.4 is 10.5 Å². The minimum absolute atomic E-state index is 0.248. The fraction of sp³-hybridized carbons (Fsp3) is 0.455. The Kier molecular flexibility index (Phi) is 4.83. The van der Waals surface area contributed by atoms with Gasteiger partial charge in [-0.3, -0.25) is 4.39 Å². The first-order valence-corrected chi connectivity index (χ1v) is 4.83. The number of rotatable bonds is 6. The molecule has 0 aliphatic heterocycles. The largest absolute Gasteiger partial charge is 0.494 e. The van der Waals surface area contributed by atoms with E-state index < -0.39 is 0 Å². The monoisotopic (exact) mass is 196 g/mol. The molecular formula is C11H15FNO. The molecule has 1 radical (unpaired) electrons. The number of benzene rings is 1. The van der Waals surface area contributed by atoms with Crippen LogP contribution in [0.3, 0.4) is 0 Å². The minimum Gasteiger partial charge on any atom is -0.494 e. The maximum Gasteiger partial charge on any atom is 0.121 e. The summed E-state index contributed by atoms with van der Waals surface area (Å²) in [6.07, 6.45) is 2.34. The molecule has 0 spiro atoms. The van der Waals surface area contributed by atoms with Gasteiger partial charge in [0.1, 0.15) is 5.75 Å². The highest BCUT2D eigenvalue weighted by Crippen LogP contribution is 2.15. The summed E-state index contributed by atoms with van der Waals surface area (Å²) in [6, 6.07) is 7.00. The van der Waals surface area contributed by atoms with Gasteiger partial charge in [-0.05, 0) is 31.4 Å². The van der Waals surface area contributed by atoms with E-state index in [0.717, 1.165) is 18.6 Å². The number of alkyl halides is 1. The average Bonchev–Trinajstić information content (AvgIpc) is 2.18. The molecule has 0 aliphatic carbocycles. The summed E-state index contributed by atoms with van der Waals surface area (Å²) in [5.74, 6) is 0.720. The highest BCUT2D eigenvalue weighted by molar-refractivity contribution is 5.40. The quantitative estimate of drug-likeness (QED) is 0.643. The third kappa shape index (κ3) is 4.12. The zero-order valence-electron chi connectivity index (χ0n) is 8.13. The second-order valence-electron chi connectivity index (χ2n) is 3.13. The van der Waals surface area contributed by atoms with E-state index in [9.17, 15) is 4.39 Å². The Labute approximate surface area is 83.9 Å². The zero-order chi connectivity index (χ0) is 10.2. The SMILES string of the molecule is [NH]c1cccc(OCCCCCF)c1. The molecule has 14 heavy (non-hydrogen) atoms. The average molecular weight is 196 g/mol. The molecule has 0 atom stereocenters. The fourth-order valence-electron chi connectivity index (χ4n) is 1.15. The van der Waals surface area contributed by atoms with Crippen molar-refractivity contribution < 1.29 is 9.13 Å². The van der Waals surface area contributed by atoms with Crippen molar-refractivity contribution >= 4 is 5.69 Å². The minimum atomic E-state index is -0.248. The molecule has 2 nitrogen and oxygen atoms in total. The van der Waals surface area contributed by atoms with E-state index in [2.05, 4.69) is 0 Å². The van der Waals surface area contributed by atoms with E-state index in [1.54, 1.807) is 18.2 Å². The van der Waals surface area contributed by atoms with E-state index >= 15 is 0 Å². The Morgan fingerprint density at radius 3 is 2.79 bits per heavy atom. The molecule has 0 fully saturated rings. The van der Waals surface area contributed by atoms with Crippen LogP contribution >= 0.6 is 0 Å². The van der Waals surface area contributed by atoms with E-state index in [4.69, 9.17) is 10.5 Å².